The summed E-state index contributed by atoms with van der Waals surface area (Å²) in [4.78, 5) is 4.65. The molecule has 3 nitrogen and oxygen atoms in total. The Balaban J connectivity index is 2.03. The topological polar surface area (TPSA) is 26.5 Å². The number of fused-ring (bicyclic) bond motifs is 5. The number of hydrogen-bond donors (Lipinski definition) is 0. The Labute approximate surface area is 109 Å². The molecule has 2 aromatic heterocycles. The molecule has 0 fully saturated rings. The maximum Gasteiger partial charge on any atom is 0.180 e. The molecule has 4 rings (SSSR count). The van der Waals surface area contributed by atoms with Crippen LogP contribution < -0.4 is 4.74 Å². The standard InChI is InChI=1S/C15H11FN2O/c1-19-13-3-2-6-18-12-8-9-7-10(16)4-5-11(9)14(12)17-15(13)18/h2-7H,8H2,1H3. The van der Waals surface area contributed by atoms with Crippen LogP contribution in [0.4, 0.5) is 4.39 Å². The minimum absolute atomic E-state index is 0.198. The Bertz CT molecular complexity index is 807. The Hall–Kier alpha value is -2.36. The first kappa shape index (κ1) is 10.6. The predicted octanol–water partition coefficient (Wildman–Crippen LogP) is 3.05. The maximum absolute atomic E-state index is 13.3. The molecule has 3 aromatic rings. The van der Waals surface area contributed by atoms with Crippen molar-refractivity contribution >= 4 is 5.65 Å². The predicted molar refractivity (Wildman–Crippen MR) is 69.9 cm³/mol. The number of benzene rings is 1. The van der Waals surface area contributed by atoms with Crippen molar-refractivity contribution in [2.45, 2.75) is 6.42 Å². The minimum atomic E-state index is -0.198. The fourth-order valence-electron chi connectivity index (χ4n) is 2.76. The second kappa shape index (κ2) is 3.57. The molecule has 0 radical (unpaired) electrons. The van der Waals surface area contributed by atoms with E-state index in [2.05, 4.69) is 4.98 Å². The molecule has 1 aromatic carbocycles. The molecular weight excluding hydrogens is 243 g/mol. The number of aromatic nitrogens is 2. The average Bonchev–Trinajstić information content (AvgIpc) is 2.93. The van der Waals surface area contributed by atoms with Gasteiger partial charge < -0.3 is 4.74 Å². The van der Waals surface area contributed by atoms with Crippen molar-refractivity contribution in [3.8, 4) is 17.0 Å². The second-order valence-corrected chi connectivity index (χ2v) is 4.66. The first-order valence-electron chi connectivity index (χ1n) is 6.10. The van der Waals surface area contributed by atoms with Gasteiger partial charge in [-0.1, -0.05) is 0 Å². The van der Waals surface area contributed by atoms with Crippen molar-refractivity contribution in [1.82, 2.24) is 9.38 Å². The lowest BCUT2D eigenvalue weighted by Gasteiger charge is -2.03. The molecule has 1 aliphatic rings. The van der Waals surface area contributed by atoms with Crippen LogP contribution in [0.15, 0.2) is 36.5 Å². The Kier molecular flexibility index (Phi) is 1.98. The summed E-state index contributed by atoms with van der Waals surface area (Å²) >= 11 is 0. The molecule has 0 amide bonds. The van der Waals surface area contributed by atoms with Gasteiger partial charge >= 0.3 is 0 Å². The normalized spacial score (nSPS) is 12.5. The van der Waals surface area contributed by atoms with Crippen LogP contribution in [-0.2, 0) is 6.42 Å². The summed E-state index contributed by atoms with van der Waals surface area (Å²) in [6.07, 6.45) is 2.67. The number of imidazole rings is 1. The van der Waals surface area contributed by atoms with Gasteiger partial charge in [0.05, 0.1) is 18.5 Å². The van der Waals surface area contributed by atoms with Crippen LogP contribution in [0.3, 0.4) is 0 Å². The summed E-state index contributed by atoms with van der Waals surface area (Å²) in [6.45, 7) is 0. The molecule has 4 heteroatoms. The first-order chi connectivity index (χ1) is 9.28. The lowest BCUT2D eigenvalue weighted by molar-refractivity contribution is 0.417. The van der Waals surface area contributed by atoms with Gasteiger partial charge in [-0.15, -0.1) is 0 Å². The average molecular weight is 254 g/mol. The van der Waals surface area contributed by atoms with E-state index in [9.17, 15) is 4.39 Å². The lowest BCUT2D eigenvalue weighted by atomic mass is 10.1. The van der Waals surface area contributed by atoms with E-state index in [1.807, 2.05) is 22.7 Å². The quantitative estimate of drug-likeness (QED) is 0.522. The van der Waals surface area contributed by atoms with Crippen molar-refractivity contribution in [1.29, 1.82) is 0 Å². The third-order valence-corrected chi connectivity index (χ3v) is 3.61. The molecule has 0 saturated carbocycles. The minimum Gasteiger partial charge on any atom is -0.493 e. The van der Waals surface area contributed by atoms with Gasteiger partial charge in [-0.3, -0.25) is 4.40 Å². The van der Waals surface area contributed by atoms with Gasteiger partial charge in [-0.2, -0.15) is 0 Å². The highest BCUT2D eigenvalue weighted by atomic mass is 19.1. The van der Waals surface area contributed by atoms with Crippen LogP contribution in [0.2, 0.25) is 0 Å². The summed E-state index contributed by atoms with van der Waals surface area (Å²) in [5.74, 6) is 0.552. The third kappa shape index (κ3) is 1.34. The van der Waals surface area contributed by atoms with Gasteiger partial charge in [-0.25, -0.2) is 9.37 Å². The largest absolute Gasteiger partial charge is 0.493 e. The number of pyridine rings is 1. The van der Waals surface area contributed by atoms with E-state index in [-0.39, 0.29) is 5.82 Å². The SMILES string of the molecule is COc1cccn2c3c(nc12)-c1ccc(F)cc1C3. The van der Waals surface area contributed by atoms with Gasteiger partial charge in [-0.05, 0) is 35.9 Å². The summed E-state index contributed by atoms with van der Waals surface area (Å²) in [6, 6.07) is 8.69. The van der Waals surface area contributed by atoms with E-state index in [4.69, 9.17) is 4.74 Å². The number of ether oxygens (including phenoxy) is 1. The molecule has 0 aliphatic heterocycles. The number of rotatable bonds is 1. The molecule has 0 unspecified atom stereocenters. The monoisotopic (exact) mass is 254 g/mol. The highest BCUT2D eigenvalue weighted by molar-refractivity contribution is 5.76. The van der Waals surface area contributed by atoms with E-state index >= 15 is 0 Å². The van der Waals surface area contributed by atoms with Crippen molar-refractivity contribution in [3.05, 3.63) is 53.6 Å². The van der Waals surface area contributed by atoms with Crippen LogP contribution in [0.1, 0.15) is 11.3 Å². The lowest BCUT2D eigenvalue weighted by Crippen LogP contribution is -1.94. The van der Waals surface area contributed by atoms with Gasteiger partial charge in [0.2, 0.25) is 0 Å². The van der Waals surface area contributed by atoms with Crippen molar-refractivity contribution in [2.24, 2.45) is 0 Å². The molecule has 0 atom stereocenters. The zero-order chi connectivity index (χ0) is 13.0. The molecule has 94 valence electrons. The summed E-state index contributed by atoms with van der Waals surface area (Å²) in [5.41, 5.74) is 4.84. The number of nitrogens with zero attached hydrogens (tertiary/aromatic N) is 2. The van der Waals surface area contributed by atoms with Crippen LogP contribution in [0, 0.1) is 5.82 Å². The zero-order valence-electron chi connectivity index (χ0n) is 10.4. The van der Waals surface area contributed by atoms with E-state index in [1.54, 1.807) is 19.2 Å². The zero-order valence-corrected chi connectivity index (χ0v) is 10.4. The highest BCUT2D eigenvalue weighted by Gasteiger charge is 2.25. The summed E-state index contributed by atoms with van der Waals surface area (Å²) in [5, 5.41) is 0. The smallest absolute Gasteiger partial charge is 0.180 e. The molecule has 19 heavy (non-hydrogen) atoms. The summed E-state index contributed by atoms with van der Waals surface area (Å²) in [7, 11) is 1.64. The number of methoxy groups -OCH3 is 1. The molecule has 0 spiro atoms. The van der Waals surface area contributed by atoms with Crippen molar-refractivity contribution in [2.75, 3.05) is 7.11 Å². The highest BCUT2D eigenvalue weighted by Crippen LogP contribution is 2.38. The number of hydrogen-bond acceptors (Lipinski definition) is 2. The van der Waals surface area contributed by atoms with E-state index in [0.29, 0.717) is 6.42 Å². The number of halogens is 1. The van der Waals surface area contributed by atoms with E-state index in [1.165, 1.54) is 6.07 Å². The fraction of sp³-hybridized carbons (Fsp3) is 0.133. The Morgan fingerprint density at radius 2 is 2.21 bits per heavy atom. The maximum atomic E-state index is 13.3. The van der Waals surface area contributed by atoms with Crippen LogP contribution in [-0.4, -0.2) is 16.5 Å². The van der Waals surface area contributed by atoms with Crippen LogP contribution in [0.5, 0.6) is 5.75 Å². The Morgan fingerprint density at radius 1 is 1.32 bits per heavy atom. The molecule has 2 heterocycles. The Morgan fingerprint density at radius 3 is 3.05 bits per heavy atom. The molecule has 0 N–H and O–H groups in total. The van der Waals surface area contributed by atoms with Crippen molar-refractivity contribution in [3.63, 3.8) is 0 Å². The fourth-order valence-corrected chi connectivity index (χ4v) is 2.76. The second-order valence-electron chi connectivity index (χ2n) is 4.66. The molecule has 0 bridgehead atoms. The van der Waals surface area contributed by atoms with Gasteiger partial charge in [0.1, 0.15) is 5.82 Å². The van der Waals surface area contributed by atoms with Crippen LogP contribution in [0.25, 0.3) is 16.9 Å². The van der Waals surface area contributed by atoms with Gasteiger partial charge in [0.15, 0.2) is 11.4 Å². The van der Waals surface area contributed by atoms with E-state index < -0.39 is 0 Å². The molecule has 1 aliphatic carbocycles. The van der Waals surface area contributed by atoms with Gasteiger partial charge in [0.25, 0.3) is 0 Å². The first-order valence-corrected chi connectivity index (χ1v) is 6.10. The van der Waals surface area contributed by atoms with Gasteiger partial charge in [0, 0.05) is 18.2 Å². The third-order valence-electron chi connectivity index (χ3n) is 3.61. The van der Waals surface area contributed by atoms with Crippen molar-refractivity contribution < 1.29 is 9.13 Å². The molecule has 0 saturated heterocycles. The van der Waals surface area contributed by atoms with Crippen LogP contribution >= 0.6 is 0 Å². The van der Waals surface area contributed by atoms with E-state index in [0.717, 1.165) is 33.9 Å². The summed E-state index contributed by atoms with van der Waals surface area (Å²) < 4.78 is 20.6. The molecular formula is C15H11FN2O.